The van der Waals surface area contributed by atoms with Gasteiger partial charge in [0.1, 0.15) is 24.6 Å². The summed E-state index contributed by atoms with van der Waals surface area (Å²) in [5, 5.41) is 33.3. The van der Waals surface area contributed by atoms with Crippen molar-refractivity contribution >= 4 is 28.3 Å². The molecule has 9 nitrogen and oxygen atoms in total. The lowest BCUT2D eigenvalue weighted by Crippen LogP contribution is -2.33. The molecule has 3 aromatic heterocycles. The van der Waals surface area contributed by atoms with E-state index < -0.39 is 24.5 Å². The minimum Gasteiger partial charge on any atom is -0.394 e. The third-order valence-corrected chi connectivity index (χ3v) is 6.69. The van der Waals surface area contributed by atoms with E-state index in [9.17, 15) is 15.3 Å². The maximum Gasteiger partial charge on any atom is 0.167 e. The molecule has 5 atom stereocenters. The molecule has 29 heavy (non-hydrogen) atoms. The summed E-state index contributed by atoms with van der Waals surface area (Å²) >= 11 is 1.78. The van der Waals surface area contributed by atoms with Gasteiger partial charge in [0.05, 0.1) is 19.0 Å². The van der Waals surface area contributed by atoms with Crippen LogP contribution in [0.1, 0.15) is 34.9 Å². The van der Waals surface area contributed by atoms with Gasteiger partial charge in [0.2, 0.25) is 0 Å². The summed E-state index contributed by atoms with van der Waals surface area (Å²) in [6.07, 6.45) is 1.23. The van der Waals surface area contributed by atoms with Crippen molar-refractivity contribution in [3.8, 4) is 0 Å². The van der Waals surface area contributed by atoms with E-state index >= 15 is 0 Å². The van der Waals surface area contributed by atoms with Crippen molar-refractivity contribution in [2.75, 3.05) is 11.9 Å². The van der Waals surface area contributed by atoms with Gasteiger partial charge >= 0.3 is 0 Å². The number of fused-ring (bicyclic) bond motifs is 1. The van der Waals surface area contributed by atoms with Crippen LogP contribution >= 0.6 is 11.3 Å². The third kappa shape index (κ3) is 3.30. The van der Waals surface area contributed by atoms with Gasteiger partial charge in [-0.05, 0) is 37.8 Å². The number of aromatic nitrogens is 4. The van der Waals surface area contributed by atoms with E-state index in [0.717, 1.165) is 0 Å². The topological polar surface area (TPSA) is 126 Å². The molecule has 10 heteroatoms. The number of nitrogens with zero attached hydrogens (tertiary/aromatic N) is 4. The number of aryl methyl sites for hydroxylation is 1. The summed E-state index contributed by atoms with van der Waals surface area (Å²) in [5.74, 6) is 1.20. The number of thiophene rings is 1. The highest BCUT2D eigenvalue weighted by Crippen LogP contribution is 2.45. The van der Waals surface area contributed by atoms with Gasteiger partial charge in [0, 0.05) is 9.75 Å². The first kappa shape index (κ1) is 18.9. The lowest BCUT2D eigenvalue weighted by Gasteiger charge is -2.18. The molecular weight excluding hydrogens is 394 g/mol. The Morgan fingerprint density at radius 3 is 2.72 bits per heavy atom. The standard InChI is InChI=1S/C19H23N5O4S/c1-9-2-5-12(29-9)13(10-3-4-10)23-17-14-18(21-7-20-17)24(8-22-14)19-16(27)15(26)11(6-25)28-19/h2,5,7-8,10-11,13,15-16,19,25-27H,3-4,6H2,1H3,(H,20,21,23)/t11-,13?,15-,16-,19-/m1/s1. The Kier molecular flexibility index (Phi) is 4.75. The molecule has 2 fully saturated rings. The summed E-state index contributed by atoms with van der Waals surface area (Å²) < 4.78 is 7.20. The average molecular weight is 417 g/mol. The first-order chi connectivity index (χ1) is 14.1. The predicted molar refractivity (Wildman–Crippen MR) is 106 cm³/mol. The summed E-state index contributed by atoms with van der Waals surface area (Å²) in [4.78, 5) is 15.7. The van der Waals surface area contributed by atoms with E-state index in [1.165, 1.54) is 35.3 Å². The van der Waals surface area contributed by atoms with Crippen LogP contribution < -0.4 is 5.32 Å². The molecule has 3 aromatic rings. The highest BCUT2D eigenvalue weighted by atomic mass is 32.1. The number of hydrogen-bond donors (Lipinski definition) is 4. The Hall–Kier alpha value is -2.11. The number of anilines is 1. The maximum absolute atomic E-state index is 10.3. The molecule has 154 valence electrons. The van der Waals surface area contributed by atoms with Gasteiger partial charge in [-0.2, -0.15) is 0 Å². The van der Waals surface area contributed by atoms with Crippen LogP contribution in [0.15, 0.2) is 24.8 Å². The Bertz CT molecular complexity index is 1020. The Morgan fingerprint density at radius 2 is 2.07 bits per heavy atom. The molecule has 4 heterocycles. The first-order valence-electron chi connectivity index (χ1n) is 9.69. The second-order valence-corrected chi connectivity index (χ2v) is 9.00. The van der Waals surface area contributed by atoms with Gasteiger partial charge in [0.25, 0.3) is 0 Å². The number of aliphatic hydroxyl groups is 3. The van der Waals surface area contributed by atoms with E-state index in [-0.39, 0.29) is 12.6 Å². The monoisotopic (exact) mass is 417 g/mol. The SMILES string of the molecule is Cc1ccc(C(Nc2ncnc3c2ncn3[C@@H]2O[C@H](CO)[C@@H](O)[C@H]2O)C2CC2)s1. The molecule has 0 bridgehead atoms. The van der Waals surface area contributed by atoms with Crippen LogP contribution in [-0.2, 0) is 4.74 Å². The van der Waals surface area contributed by atoms with Crippen LogP contribution in [-0.4, -0.2) is 59.8 Å². The zero-order valence-electron chi connectivity index (χ0n) is 15.8. The zero-order chi connectivity index (χ0) is 20.1. The lowest BCUT2D eigenvalue weighted by atomic mass is 10.1. The molecule has 0 aromatic carbocycles. The van der Waals surface area contributed by atoms with Gasteiger partial charge in [-0.3, -0.25) is 4.57 Å². The molecule has 4 N–H and O–H groups in total. The summed E-state index contributed by atoms with van der Waals surface area (Å²) in [7, 11) is 0. The fraction of sp³-hybridized carbons (Fsp3) is 0.526. The van der Waals surface area contributed by atoms with Crippen molar-refractivity contribution in [2.45, 2.75) is 50.3 Å². The van der Waals surface area contributed by atoms with Crippen LogP contribution in [0.2, 0.25) is 0 Å². The first-order valence-corrected chi connectivity index (χ1v) is 10.5. The second-order valence-electron chi connectivity index (χ2n) is 7.68. The number of hydrogen-bond acceptors (Lipinski definition) is 9. The van der Waals surface area contributed by atoms with E-state index in [1.807, 2.05) is 0 Å². The van der Waals surface area contributed by atoms with Crippen molar-refractivity contribution in [1.82, 2.24) is 19.5 Å². The largest absolute Gasteiger partial charge is 0.394 e. The number of aliphatic hydroxyl groups excluding tert-OH is 3. The number of ether oxygens (including phenoxy) is 1. The van der Waals surface area contributed by atoms with Crippen LogP contribution in [0.25, 0.3) is 11.2 Å². The zero-order valence-corrected chi connectivity index (χ0v) is 16.7. The molecule has 1 unspecified atom stereocenters. The molecule has 2 aliphatic rings. The normalized spacial score (nSPS) is 28.1. The van der Waals surface area contributed by atoms with Crippen molar-refractivity contribution in [3.63, 3.8) is 0 Å². The fourth-order valence-corrected chi connectivity index (χ4v) is 4.89. The molecule has 5 rings (SSSR count). The minimum absolute atomic E-state index is 0.172. The van der Waals surface area contributed by atoms with Gasteiger partial charge in [0.15, 0.2) is 23.2 Å². The highest BCUT2D eigenvalue weighted by molar-refractivity contribution is 7.12. The van der Waals surface area contributed by atoms with E-state index in [4.69, 9.17) is 4.74 Å². The van der Waals surface area contributed by atoms with Gasteiger partial charge < -0.3 is 25.4 Å². The molecular formula is C19H23N5O4S. The van der Waals surface area contributed by atoms with Crippen LogP contribution in [0.4, 0.5) is 5.82 Å². The summed E-state index contributed by atoms with van der Waals surface area (Å²) in [6.45, 7) is 1.72. The molecule has 0 amide bonds. The average Bonchev–Trinajstić information content (AvgIpc) is 3.22. The fourth-order valence-electron chi connectivity index (χ4n) is 3.87. The maximum atomic E-state index is 10.3. The van der Waals surface area contributed by atoms with E-state index in [1.54, 1.807) is 15.9 Å². The third-order valence-electron chi connectivity index (χ3n) is 5.60. The Morgan fingerprint density at radius 1 is 1.24 bits per heavy atom. The molecule has 0 radical (unpaired) electrons. The van der Waals surface area contributed by atoms with Crippen molar-refractivity contribution in [1.29, 1.82) is 0 Å². The number of rotatable bonds is 6. The molecule has 1 saturated carbocycles. The number of nitrogens with one attached hydrogen (secondary N) is 1. The van der Waals surface area contributed by atoms with Crippen molar-refractivity contribution in [2.24, 2.45) is 5.92 Å². The molecule has 0 spiro atoms. The van der Waals surface area contributed by atoms with Crippen LogP contribution in [0, 0.1) is 12.8 Å². The van der Waals surface area contributed by atoms with Gasteiger partial charge in [-0.25, -0.2) is 15.0 Å². The second kappa shape index (κ2) is 7.29. The highest BCUT2D eigenvalue weighted by Gasteiger charge is 2.44. The smallest absolute Gasteiger partial charge is 0.167 e. The van der Waals surface area contributed by atoms with Crippen LogP contribution in [0.3, 0.4) is 0 Å². The Balaban J connectivity index is 1.47. The van der Waals surface area contributed by atoms with Gasteiger partial charge in [-0.1, -0.05) is 0 Å². The van der Waals surface area contributed by atoms with E-state index in [0.29, 0.717) is 22.9 Å². The summed E-state index contributed by atoms with van der Waals surface area (Å²) in [5.41, 5.74) is 1.07. The molecule has 1 aliphatic carbocycles. The predicted octanol–water partition coefficient (Wildman–Crippen LogP) is 1.37. The molecule has 1 saturated heterocycles. The minimum atomic E-state index is -1.19. The lowest BCUT2D eigenvalue weighted by molar-refractivity contribution is -0.0511. The molecule has 1 aliphatic heterocycles. The van der Waals surface area contributed by atoms with Crippen LogP contribution in [0.5, 0.6) is 0 Å². The summed E-state index contributed by atoms with van der Waals surface area (Å²) in [6, 6.07) is 4.46. The van der Waals surface area contributed by atoms with Crippen molar-refractivity contribution < 1.29 is 20.1 Å². The van der Waals surface area contributed by atoms with Gasteiger partial charge in [-0.15, -0.1) is 11.3 Å². The van der Waals surface area contributed by atoms with Crippen molar-refractivity contribution in [3.05, 3.63) is 34.5 Å². The number of imidazole rings is 1. The van der Waals surface area contributed by atoms with E-state index in [2.05, 4.69) is 39.3 Å². The Labute approximate surface area is 171 Å². The quantitative estimate of drug-likeness (QED) is 0.474.